The molecule has 1 fully saturated rings. The van der Waals surface area contributed by atoms with E-state index in [1.807, 2.05) is 0 Å². The maximum atomic E-state index is 6.02. The Morgan fingerprint density at radius 3 is 3.00 bits per heavy atom. The van der Waals surface area contributed by atoms with Crippen LogP contribution in [0.2, 0.25) is 0 Å². The zero-order valence-corrected chi connectivity index (χ0v) is 11.3. The van der Waals surface area contributed by atoms with Gasteiger partial charge in [-0.1, -0.05) is 35.0 Å². The Bertz CT molecular complexity index is 354. The number of nitrogens with two attached hydrogens (primary N) is 1. The molecule has 2 unspecified atom stereocenters. The Balaban J connectivity index is 1.95. The number of benzene rings is 1. The van der Waals surface area contributed by atoms with Crippen molar-refractivity contribution in [1.29, 1.82) is 0 Å². The molecule has 2 nitrogen and oxygen atoms in total. The van der Waals surface area contributed by atoms with Crippen molar-refractivity contribution in [2.75, 3.05) is 13.1 Å². The lowest BCUT2D eigenvalue weighted by Gasteiger charge is -2.35. The number of hydrogen-bond acceptors (Lipinski definition) is 2. The fourth-order valence-corrected chi connectivity index (χ4v) is 2.73. The van der Waals surface area contributed by atoms with Gasteiger partial charge in [0.2, 0.25) is 0 Å². The number of rotatable bonds is 2. The van der Waals surface area contributed by atoms with Gasteiger partial charge >= 0.3 is 0 Å². The van der Waals surface area contributed by atoms with Crippen LogP contribution in [0.25, 0.3) is 0 Å². The summed E-state index contributed by atoms with van der Waals surface area (Å²) >= 11 is 3.51. The zero-order valence-electron chi connectivity index (χ0n) is 9.70. The molecule has 2 N–H and O–H groups in total. The summed E-state index contributed by atoms with van der Waals surface area (Å²) in [6.45, 7) is 5.53. The predicted octanol–water partition coefficient (Wildman–Crippen LogP) is 2.62. The average molecular weight is 283 g/mol. The monoisotopic (exact) mass is 282 g/mol. The molecule has 1 aliphatic heterocycles. The summed E-state index contributed by atoms with van der Waals surface area (Å²) in [5.41, 5.74) is 7.40. The number of piperidine rings is 1. The van der Waals surface area contributed by atoms with E-state index in [-0.39, 0.29) is 0 Å². The molecule has 0 bridgehead atoms. The number of hydrogen-bond donors (Lipinski definition) is 1. The summed E-state index contributed by atoms with van der Waals surface area (Å²) in [6, 6.07) is 8.93. The smallest absolute Gasteiger partial charge is 0.0234 e. The molecule has 0 aliphatic carbocycles. The second-order valence-electron chi connectivity index (χ2n) is 4.79. The largest absolute Gasteiger partial charge is 0.327 e. The van der Waals surface area contributed by atoms with E-state index in [0.29, 0.717) is 12.0 Å². The van der Waals surface area contributed by atoms with Crippen LogP contribution in [0.1, 0.15) is 18.9 Å². The van der Waals surface area contributed by atoms with Gasteiger partial charge in [0.25, 0.3) is 0 Å². The molecule has 1 aromatic carbocycles. The summed E-state index contributed by atoms with van der Waals surface area (Å²) in [6.07, 6.45) is 1.12. The van der Waals surface area contributed by atoms with Crippen molar-refractivity contribution in [1.82, 2.24) is 4.90 Å². The zero-order chi connectivity index (χ0) is 11.5. The first-order chi connectivity index (χ1) is 7.65. The van der Waals surface area contributed by atoms with E-state index in [1.165, 1.54) is 5.56 Å². The van der Waals surface area contributed by atoms with Crippen molar-refractivity contribution in [3.63, 3.8) is 0 Å². The molecule has 0 spiro atoms. The normalized spacial score (nSPS) is 26.9. The molecule has 0 aromatic heterocycles. The van der Waals surface area contributed by atoms with E-state index < -0.39 is 0 Å². The summed E-state index contributed by atoms with van der Waals surface area (Å²) in [5, 5.41) is 0. The van der Waals surface area contributed by atoms with Gasteiger partial charge in [0.05, 0.1) is 0 Å². The van der Waals surface area contributed by atoms with Gasteiger partial charge in [-0.2, -0.15) is 0 Å². The second-order valence-corrected chi connectivity index (χ2v) is 5.71. The van der Waals surface area contributed by atoms with E-state index in [0.717, 1.165) is 30.5 Å². The van der Waals surface area contributed by atoms with Gasteiger partial charge in [0, 0.05) is 23.6 Å². The van der Waals surface area contributed by atoms with Crippen molar-refractivity contribution in [2.45, 2.75) is 25.9 Å². The highest BCUT2D eigenvalue weighted by Gasteiger charge is 2.22. The number of halogens is 1. The molecule has 1 saturated heterocycles. The third-order valence-electron chi connectivity index (χ3n) is 3.35. The van der Waals surface area contributed by atoms with Gasteiger partial charge in [-0.25, -0.2) is 0 Å². The molecule has 1 aromatic rings. The lowest BCUT2D eigenvalue weighted by molar-refractivity contribution is 0.158. The Hall–Kier alpha value is -0.380. The topological polar surface area (TPSA) is 29.3 Å². The number of likely N-dealkylation sites (tertiary alicyclic amines) is 1. The first kappa shape index (κ1) is 12.1. The Labute approximate surface area is 106 Å². The summed E-state index contributed by atoms with van der Waals surface area (Å²) in [7, 11) is 0. The first-order valence-corrected chi connectivity index (χ1v) is 6.67. The fourth-order valence-electron chi connectivity index (χ4n) is 2.29. The minimum atomic E-state index is 0.388. The summed E-state index contributed by atoms with van der Waals surface area (Å²) in [4.78, 5) is 2.50. The molecule has 88 valence electrons. The molecule has 2 atom stereocenters. The van der Waals surface area contributed by atoms with Gasteiger partial charge < -0.3 is 5.73 Å². The Morgan fingerprint density at radius 2 is 2.31 bits per heavy atom. The molecular formula is C13H19BrN2. The van der Waals surface area contributed by atoms with Crippen molar-refractivity contribution in [2.24, 2.45) is 11.7 Å². The molecule has 1 aliphatic rings. The Kier molecular flexibility index (Phi) is 4.00. The number of nitrogens with zero attached hydrogens (tertiary/aromatic N) is 1. The lowest BCUT2D eigenvalue weighted by atomic mass is 9.94. The van der Waals surface area contributed by atoms with Crippen molar-refractivity contribution in [3.8, 4) is 0 Å². The van der Waals surface area contributed by atoms with Crippen LogP contribution in [0.3, 0.4) is 0 Å². The molecular weight excluding hydrogens is 264 g/mol. The average Bonchev–Trinajstić information content (AvgIpc) is 2.24. The van der Waals surface area contributed by atoms with Crippen LogP contribution in [-0.4, -0.2) is 24.0 Å². The highest BCUT2D eigenvalue weighted by molar-refractivity contribution is 9.10. The van der Waals surface area contributed by atoms with E-state index in [9.17, 15) is 0 Å². The van der Waals surface area contributed by atoms with Crippen molar-refractivity contribution in [3.05, 3.63) is 34.3 Å². The third-order valence-corrected chi connectivity index (χ3v) is 3.84. The molecule has 0 radical (unpaired) electrons. The lowest BCUT2D eigenvalue weighted by Crippen LogP contribution is -2.45. The minimum absolute atomic E-state index is 0.388. The van der Waals surface area contributed by atoms with Crippen LogP contribution in [-0.2, 0) is 6.54 Å². The molecule has 0 amide bonds. The summed E-state index contributed by atoms with van der Waals surface area (Å²) in [5.74, 6) is 0.612. The van der Waals surface area contributed by atoms with Crippen LogP contribution >= 0.6 is 15.9 Å². The van der Waals surface area contributed by atoms with Crippen molar-refractivity contribution < 1.29 is 0 Å². The SMILES string of the molecule is CC1CN(Cc2cccc(Br)c2)CCC1N. The molecule has 3 heteroatoms. The highest BCUT2D eigenvalue weighted by atomic mass is 79.9. The maximum Gasteiger partial charge on any atom is 0.0234 e. The van der Waals surface area contributed by atoms with Gasteiger partial charge in [0.15, 0.2) is 0 Å². The first-order valence-electron chi connectivity index (χ1n) is 5.87. The quantitative estimate of drug-likeness (QED) is 0.904. The van der Waals surface area contributed by atoms with Crippen LogP contribution in [0.4, 0.5) is 0 Å². The van der Waals surface area contributed by atoms with Crippen LogP contribution in [0, 0.1) is 5.92 Å². The van der Waals surface area contributed by atoms with Crippen LogP contribution < -0.4 is 5.73 Å². The van der Waals surface area contributed by atoms with E-state index in [4.69, 9.17) is 5.73 Å². The second kappa shape index (κ2) is 5.30. The van der Waals surface area contributed by atoms with Gasteiger partial charge in [-0.15, -0.1) is 0 Å². The van der Waals surface area contributed by atoms with E-state index in [2.05, 4.69) is 52.0 Å². The summed E-state index contributed by atoms with van der Waals surface area (Å²) < 4.78 is 1.16. The highest BCUT2D eigenvalue weighted by Crippen LogP contribution is 2.19. The van der Waals surface area contributed by atoms with Gasteiger partial charge in [-0.05, 0) is 36.6 Å². The molecule has 0 saturated carbocycles. The van der Waals surface area contributed by atoms with E-state index >= 15 is 0 Å². The maximum absolute atomic E-state index is 6.02. The molecule has 16 heavy (non-hydrogen) atoms. The predicted molar refractivity (Wildman–Crippen MR) is 71.2 cm³/mol. The van der Waals surface area contributed by atoms with Crippen LogP contribution in [0.5, 0.6) is 0 Å². The van der Waals surface area contributed by atoms with Gasteiger partial charge in [0.1, 0.15) is 0 Å². The molecule has 1 heterocycles. The Morgan fingerprint density at radius 1 is 1.50 bits per heavy atom. The minimum Gasteiger partial charge on any atom is -0.327 e. The van der Waals surface area contributed by atoms with Crippen LogP contribution in [0.15, 0.2) is 28.7 Å². The third kappa shape index (κ3) is 3.06. The fraction of sp³-hybridized carbons (Fsp3) is 0.538. The molecule has 2 rings (SSSR count). The van der Waals surface area contributed by atoms with Gasteiger partial charge in [-0.3, -0.25) is 4.90 Å². The standard InChI is InChI=1S/C13H19BrN2/c1-10-8-16(6-5-13(10)15)9-11-3-2-4-12(14)7-11/h2-4,7,10,13H,5-6,8-9,15H2,1H3. The van der Waals surface area contributed by atoms with Crippen molar-refractivity contribution >= 4 is 15.9 Å². The van der Waals surface area contributed by atoms with E-state index in [1.54, 1.807) is 0 Å².